The minimum absolute atomic E-state index is 0.228. The first kappa shape index (κ1) is 14.4. The fourth-order valence-electron chi connectivity index (χ4n) is 3.56. The Morgan fingerprint density at radius 2 is 1.72 bits per heavy atom. The molecule has 2 aromatic heterocycles. The molecule has 1 aliphatic heterocycles. The lowest BCUT2D eigenvalue weighted by molar-refractivity contribution is 0.481. The number of aromatic amines is 1. The van der Waals surface area contributed by atoms with Crippen molar-refractivity contribution in [2.24, 2.45) is 0 Å². The molecular weight excluding hydrogens is 308 g/mol. The molecular formula is C21H18N4. The summed E-state index contributed by atoms with van der Waals surface area (Å²) in [7, 11) is 0. The summed E-state index contributed by atoms with van der Waals surface area (Å²) in [6, 6.07) is 19.3. The Balaban J connectivity index is 1.49. The lowest BCUT2D eigenvalue weighted by Crippen LogP contribution is -2.29. The average molecular weight is 326 g/mol. The van der Waals surface area contributed by atoms with Gasteiger partial charge in [-0.1, -0.05) is 30.3 Å². The molecule has 2 aromatic carbocycles. The van der Waals surface area contributed by atoms with Gasteiger partial charge in [-0.15, -0.1) is 0 Å². The van der Waals surface area contributed by atoms with E-state index < -0.39 is 0 Å². The summed E-state index contributed by atoms with van der Waals surface area (Å²) in [5.74, 6) is 1.01. The van der Waals surface area contributed by atoms with E-state index in [1.165, 1.54) is 11.1 Å². The van der Waals surface area contributed by atoms with Crippen LogP contribution in [0, 0.1) is 0 Å². The van der Waals surface area contributed by atoms with Crippen LogP contribution in [-0.4, -0.2) is 15.0 Å². The molecule has 3 heterocycles. The molecule has 0 aliphatic carbocycles. The van der Waals surface area contributed by atoms with Crippen LogP contribution in [0.15, 0.2) is 67.0 Å². The summed E-state index contributed by atoms with van der Waals surface area (Å²) in [6.07, 6.45) is 4.60. The molecule has 1 atom stereocenters. The Bertz CT molecular complexity index is 1040. The maximum atomic E-state index is 4.86. The van der Waals surface area contributed by atoms with E-state index in [0.29, 0.717) is 0 Å². The average Bonchev–Trinajstić information content (AvgIpc) is 3.11. The Labute approximate surface area is 146 Å². The van der Waals surface area contributed by atoms with Crippen molar-refractivity contribution in [1.82, 2.24) is 20.3 Å². The first-order valence-corrected chi connectivity index (χ1v) is 8.57. The van der Waals surface area contributed by atoms with E-state index in [2.05, 4.69) is 57.7 Å². The third-order valence-corrected chi connectivity index (χ3v) is 4.93. The van der Waals surface area contributed by atoms with Gasteiger partial charge in [-0.05, 0) is 52.9 Å². The van der Waals surface area contributed by atoms with Gasteiger partial charge in [-0.2, -0.15) is 0 Å². The number of hydrogen-bond acceptors (Lipinski definition) is 3. The van der Waals surface area contributed by atoms with Crippen molar-refractivity contribution in [2.75, 3.05) is 0 Å². The second-order valence-corrected chi connectivity index (χ2v) is 6.50. The van der Waals surface area contributed by atoms with Crippen LogP contribution in [0.25, 0.3) is 22.2 Å². The molecule has 0 bridgehead atoms. The van der Waals surface area contributed by atoms with Gasteiger partial charge in [-0.25, -0.2) is 4.98 Å². The van der Waals surface area contributed by atoms with E-state index in [1.54, 1.807) is 0 Å². The van der Waals surface area contributed by atoms with Gasteiger partial charge in [0.1, 0.15) is 5.82 Å². The predicted molar refractivity (Wildman–Crippen MR) is 99.1 cm³/mol. The molecule has 4 aromatic rings. The second-order valence-electron chi connectivity index (χ2n) is 6.50. The van der Waals surface area contributed by atoms with Gasteiger partial charge in [-0.3, -0.25) is 4.98 Å². The fraction of sp³-hybridized carbons (Fsp3) is 0.143. The Kier molecular flexibility index (Phi) is 3.35. The Morgan fingerprint density at radius 3 is 2.60 bits per heavy atom. The summed E-state index contributed by atoms with van der Waals surface area (Å²) in [4.78, 5) is 12.4. The first-order valence-electron chi connectivity index (χ1n) is 8.57. The van der Waals surface area contributed by atoms with Crippen LogP contribution in [0.1, 0.15) is 23.0 Å². The third kappa shape index (κ3) is 2.61. The van der Waals surface area contributed by atoms with E-state index in [-0.39, 0.29) is 6.04 Å². The number of hydrogen-bond donors (Lipinski definition) is 2. The smallest absolute Gasteiger partial charge is 0.124 e. The minimum atomic E-state index is 0.228. The number of H-pyrrole nitrogens is 1. The van der Waals surface area contributed by atoms with Crippen LogP contribution in [0.3, 0.4) is 0 Å². The highest BCUT2D eigenvalue weighted by Crippen LogP contribution is 2.27. The van der Waals surface area contributed by atoms with Gasteiger partial charge in [0.2, 0.25) is 0 Å². The van der Waals surface area contributed by atoms with Crippen LogP contribution in [0.4, 0.5) is 0 Å². The zero-order valence-electron chi connectivity index (χ0n) is 13.7. The molecule has 0 saturated heterocycles. The fourth-order valence-corrected chi connectivity index (χ4v) is 3.56. The summed E-state index contributed by atoms with van der Waals surface area (Å²) in [5.41, 5.74) is 7.19. The number of fused-ring (bicyclic) bond motifs is 2. The molecule has 0 amide bonds. The highest BCUT2D eigenvalue weighted by molar-refractivity contribution is 5.82. The molecule has 4 heteroatoms. The number of nitrogens with one attached hydrogen (secondary N) is 2. The van der Waals surface area contributed by atoms with Crippen LogP contribution in [-0.2, 0) is 13.0 Å². The number of imidazole rings is 1. The van der Waals surface area contributed by atoms with Crippen molar-refractivity contribution in [3.8, 4) is 11.1 Å². The quantitative estimate of drug-likeness (QED) is 0.585. The number of pyridine rings is 1. The van der Waals surface area contributed by atoms with E-state index >= 15 is 0 Å². The number of aromatic nitrogens is 3. The van der Waals surface area contributed by atoms with Crippen LogP contribution < -0.4 is 5.32 Å². The number of benzene rings is 2. The van der Waals surface area contributed by atoms with Crippen molar-refractivity contribution < 1.29 is 0 Å². The van der Waals surface area contributed by atoms with Crippen molar-refractivity contribution in [3.05, 3.63) is 83.9 Å². The van der Waals surface area contributed by atoms with Gasteiger partial charge >= 0.3 is 0 Å². The van der Waals surface area contributed by atoms with Gasteiger partial charge in [0.15, 0.2) is 0 Å². The third-order valence-electron chi connectivity index (χ3n) is 4.93. The molecule has 122 valence electrons. The monoisotopic (exact) mass is 326 g/mol. The predicted octanol–water partition coefficient (Wildman–Crippen LogP) is 4.01. The minimum Gasteiger partial charge on any atom is -0.341 e. The van der Waals surface area contributed by atoms with Crippen LogP contribution >= 0.6 is 0 Å². The van der Waals surface area contributed by atoms with Gasteiger partial charge < -0.3 is 10.3 Å². The van der Waals surface area contributed by atoms with Crippen molar-refractivity contribution >= 4 is 11.0 Å². The van der Waals surface area contributed by atoms with Gasteiger partial charge in [0.05, 0.1) is 17.1 Å². The van der Waals surface area contributed by atoms with E-state index in [1.807, 2.05) is 24.5 Å². The normalized spacial score (nSPS) is 16.7. The van der Waals surface area contributed by atoms with E-state index in [4.69, 9.17) is 4.98 Å². The Hall–Kier alpha value is -2.98. The van der Waals surface area contributed by atoms with Crippen LogP contribution in [0.2, 0.25) is 0 Å². The summed E-state index contributed by atoms with van der Waals surface area (Å²) >= 11 is 0. The molecule has 1 aliphatic rings. The summed E-state index contributed by atoms with van der Waals surface area (Å²) in [6.45, 7) is 0.889. The SMILES string of the molecule is c1ccc2c(c1)CNC(c1nc3cc(-c4ccncc4)ccc3[nH]1)C2. The molecule has 5 rings (SSSR count). The molecule has 0 fully saturated rings. The van der Waals surface area contributed by atoms with Crippen molar-refractivity contribution in [1.29, 1.82) is 0 Å². The maximum absolute atomic E-state index is 4.86. The van der Waals surface area contributed by atoms with Crippen molar-refractivity contribution in [2.45, 2.75) is 19.0 Å². The van der Waals surface area contributed by atoms with E-state index in [0.717, 1.165) is 41.0 Å². The molecule has 2 N–H and O–H groups in total. The van der Waals surface area contributed by atoms with E-state index in [9.17, 15) is 0 Å². The molecule has 0 spiro atoms. The zero-order valence-corrected chi connectivity index (χ0v) is 13.7. The molecule has 25 heavy (non-hydrogen) atoms. The maximum Gasteiger partial charge on any atom is 0.124 e. The Morgan fingerprint density at radius 1 is 0.880 bits per heavy atom. The van der Waals surface area contributed by atoms with Crippen LogP contribution in [0.5, 0.6) is 0 Å². The molecule has 4 nitrogen and oxygen atoms in total. The lowest BCUT2D eigenvalue weighted by Gasteiger charge is -2.24. The second kappa shape index (κ2) is 5.83. The summed E-state index contributed by atoms with van der Waals surface area (Å²) < 4.78 is 0. The largest absolute Gasteiger partial charge is 0.341 e. The summed E-state index contributed by atoms with van der Waals surface area (Å²) in [5, 5.41) is 3.60. The van der Waals surface area contributed by atoms with Crippen molar-refractivity contribution in [3.63, 3.8) is 0 Å². The highest BCUT2D eigenvalue weighted by atomic mass is 15.0. The number of nitrogens with zero attached hydrogens (tertiary/aromatic N) is 2. The van der Waals surface area contributed by atoms with Gasteiger partial charge in [0, 0.05) is 18.9 Å². The lowest BCUT2D eigenvalue weighted by atomic mass is 9.96. The number of rotatable bonds is 2. The highest BCUT2D eigenvalue weighted by Gasteiger charge is 2.21. The van der Waals surface area contributed by atoms with Gasteiger partial charge in [0.25, 0.3) is 0 Å². The first-order chi connectivity index (χ1) is 12.4. The zero-order chi connectivity index (χ0) is 16.6. The standard InChI is InChI=1S/C21H18N4/c1-2-4-17-13-23-20(12-15(17)3-1)21-24-18-6-5-16(11-19(18)25-21)14-7-9-22-10-8-14/h1-11,20,23H,12-13H2,(H,24,25). The molecule has 1 unspecified atom stereocenters. The molecule has 0 saturated carbocycles. The topological polar surface area (TPSA) is 53.6 Å². The molecule has 0 radical (unpaired) electrons.